The smallest absolute Gasteiger partial charge is 0.0840 e. The van der Waals surface area contributed by atoms with E-state index in [-0.39, 0.29) is 0 Å². The lowest BCUT2D eigenvalue weighted by Gasteiger charge is -2.13. The number of aliphatic hydroxyl groups is 1. The van der Waals surface area contributed by atoms with E-state index in [1.165, 1.54) is 16.7 Å². The summed E-state index contributed by atoms with van der Waals surface area (Å²) in [5.41, 5.74) is 4.77. The molecule has 2 rings (SSSR count). The fourth-order valence-electron chi connectivity index (χ4n) is 2.01. The molecule has 0 aliphatic rings. The first kappa shape index (κ1) is 13.6. The summed E-state index contributed by atoms with van der Waals surface area (Å²) in [6.45, 7) is 4.22. The number of rotatable bonds is 3. The van der Waals surface area contributed by atoms with Gasteiger partial charge in [-0.05, 0) is 64.8 Å². The molecule has 0 radical (unpaired) electrons. The van der Waals surface area contributed by atoms with Gasteiger partial charge >= 0.3 is 0 Å². The van der Waals surface area contributed by atoms with Gasteiger partial charge in [-0.25, -0.2) is 0 Å². The lowest BCUT2D eigenvalue weighted by atomic mass is 9.98. The van der Waals surface area contributed by atoms with Crippen LogP contribution < -0.4 is 0 Å². The van der Waals surface area contributed by atoms with Crippen molar-refractivity contribution in [3.63, 3.8) is 0 Å². The molecule has 0 heterocycles. The van der Waals surface area contributed by atoms with Crippen molar-refractivity contribution in [3.05, 3.63) is 68.3 Å². The number of hydrogen-bond acceptors (Lipinski definition) is 1. The lowest BCUT2D eigenvalue weighted by Crippen LogP contribution is -2.04. The Kier molecular flexibility index (Phi) is 4.40. The molecule has 0 spiro atoms. The van der Waals surface area contributed by atoms with Gasteiger partial charge in [-0.2, -0.15) is 0 Å². The van der Waals surface area contributed by atoms with E-state index in [1.807, 2.05) is 24.3 Å². The number of halogens is 1. The largest absolute Gasteiger partial charge is 0.388 e. The van der Waals surface area contributed by atoms with Crippen LogP contribution in [-0.4, -0.2) is 5.11 Å². The molecule has 0 bridgehead atoms. The van der Waals surface area contributed by atoms with Crippen LogP contribution in [0.1, 0.15) is 28.4 Å². The first-order valence-electron chi connectivity index (χ1n) is 6.06. The number of hydrogen-bond donors (Lipinski definition) is 1. The van der Waals surface area contributed by atoms with Crippen molar-refractivity contribution in [3.8, 4) is 0 Å². The van der Waals surface area contributed by atoms with Gasteiger partial charge in [0, 0.05) is 9.99 Å². The van der Waals surface area contributed by atoms with E-state index in [2.05, 4.69) is 54.6 Å². The van der Waals surface area contributed by atoms with Crippen molar-refractivity contribution in [2.45, 2.75) is 26.4 Å². The van der Waals surface area contributed by atoms with Gasteiger partial charge in [0.05, 0.1) is 6.10 Å². The predicted molar refractivity (Wildman–Crippen MR) is 83.7 cm³/mol. The molecule has 18 heavy (non-hydrogen) atoms. The third-order valence-electron chi connectivity index (χ3n) is 3.26. The van der Waals surface area contributed by atoms with Crippen LogP contribution >= 0.6 is 22.6 Å². The highest BCUT2D eigenvalue weighted by molar-refractivity contribution is 14.1. The number of aryl methyl sites for hydroxylation is 2. The van der Waals surface area contributed by atoms with Crippen LogP contribution in [0.5, 0.6) is 0 Å². The summed E-state index contributed by atoms with van der Waals surface area (Å²) >= 11 is 2.27. The van der Waals surface area contributed by atoms with Crippen molar-refractivity contribution < 1.29 is 5.11 Å². The summed E-state index contributed by atoms with van der Waals surface area (Å²) in [5, 5.41) is 10.3. The summed E-state index contributed by atoms with van der Waals surface area (Å²) in [6, 6.07) is 14.4. The van der Waals surface area contributed by atoms with Crippen LogP contribution in [0.25, 0.3) is 0 Å². The second-order valence-electron chi connectivity index (χ2n) is 4.66. The molecule has 2 aromatic rings. The van der Waals surface area contributed by atoms with Crippen LogP contribution in [0, 0.1) is 17.4 Å². The fourth-order valence-corrected chi connectivity index (χ4v) is 2.76. The van der Waals surface area contributed by atoms with Crippen molar-refractivity contribution in [2.24, 2.45) is 0 Å². The second-order valence-corrected chi connectivity index (χ2v) is 5.82. The Bertz CT molecular complexity index is 549. The SMILES string of the molecule is Cc1ccc(CC(O)c2ccccc2I)cc1C. The second kappa shape index (κ2) is 5.85. The Morgan fingerprint density at radius 3 is 2.44 bits per heavy atom. The van der Waals surface area contributed by atoms with E-state index in [0.29, 0.717) is 6.42 Å². The maximum atomic E-state index is 10.3. The zero-order valence-electron chi connectivity index (χ0n) is 10.7. The number of aliphatic hydroxyl groups excluding tert-OH is 1. The van der Waals surface area contributed by atoms with Crippen LogP contribution in [-0.2, 0) is 6.42 Å². The van der Waals surface area contributed by atoms with Crippen LogP contribution in [0.4, 0.5) is 0 Å². The standard InChI is InChI=1S/C16H17IO/c1-11-7-8-13(9-12(11)2)10-16(18)14-5-3-4-6-15(14)17/h3-9,16,18H,10H2,1-2H3. The zero-order valence-corrected chi connectivity index (χ0v) is 12.8. The van der Waals surface area contributed by atoms with Gasteiger partial charge in [0.1, 0.15) is 0 Å². The molecule has 2 heteroatoms. The topological polar surface area (TPSA) is 20.2 Å². The van der Waals surface area contributed by atoms with E-state index in [0.717, 1.165) is 9.13 Å². The Balaban J connectivity index is 2.19. The molecule has 1 N–H and O–H groups in total. The molecule has 0 aliphatic heterocycles. The van der Waals surface area contributed by atoms with Crippen molar-refractivity contribution in [2.75, 3.05) is 0 Å². The van der Waals surface area contributed by atoms with Gasteiger partial charge in [-0.3, -0.25) is 0 Å². The van der Waals surface area contributed by atoms with Gasteiger partial charge < -0.3 is 5.11 Å². The Morgan fingerprint density at radius 1 is 1.06 bits per heavy atom. The molecule has 0 aliphatic carbocycles. The van der Waals surface area contributed by atoms with Gasteiger partial charge in [0.25, 0.3) is 0 Å². The molecular weight excluding hydrogens is 335 g/mol. The van der Waals surface area contributed by atoms with E-state index >= 15 is 0 Å². The molecule has 94 valence electrons. The maximum Gasteiger partial charge on any atom is 0.0840 e. The Labute approximate surface area is 122 Å². The van der Waals surface area contributed by atoms with Crippen molar-refractivity contribution in [1.29, 1.82) is 0 Å². The highest BCUT2D eigenvalue weighted by Gasteiger charge is 2.11. The summed E-state index contributed by atoms with van der Waals surface area (Å²) < 4.78 is 1.12. The average Bonchev–Trinajstić information content (AvgIpc) is 2.34. The normalized spacial score (nSPS) is 12.4. The molecule has 0 fully saturated rings. The third kappa shape index (κ3) is 3.12. The Hall–Kier alpha value is -0.870. The summed E-state index contributed by atoms with van der Waals surface area (Å²) in [7, 11) is 0. The highest BCUT2D eigenvalue weighted by atomic mass is 127. The summed E-state index contributed by atoms with van der Waals surface area (Å²) in [4.78, 5) is 0. The molecule has 0 saturated carbocycles. The molecule has 0 saturated heterocycles. The van der Waals surface area contributed by atoms with Crippen molar-refractivity contribution >= 4 is 22.6 Å². The fraction of sp³-hybridized carbons (Fsp3) is 0.250. The van der Waals surface area contributed by atoms with Crippen LogP contribution in [0.15, 0.2) is 42.5 Å². The van der Waals surface area contributed by atoms with E-state index in [9.17, 15) is 5.11 Å². The molecule has 1 atom stereocenters. The molecule has 0 amide bonds. The van der Waals surface area contributed by atoms with Gasteiger partial charge in [-0.15, -0.1) is 0 Å². The monoisotopic (exact) mass is 352 g/mol. The maximum absolute atomic E-state index is 10.3. The molecule has 0 aromatic heterocycles. The minimum absolute atomic E-state index is 0.430. The summed E-state index contributed by atoms with van der Waals surface area (Å²) in [5.74, 6) is 0. The Morgan fingerprint density at radius 2 is 1.78 bits per heavy atom. The van der Waals surface area contributed by atoms with Crippen LogP contribution in [0.2, 0.25) is 0 Å². The minimum Gasteiger partial charge on any atom is -0.388 e. The van der Waals surface area contributed by atoms with Gasteiger partial charge in [0.2, 0.25) is 0 Å². The lowest BCUT2D eigenvalue weighted by molar-refractivity contribution is 0.177. The molecule has 2 aromatic carbocycles. The first-order valence-corrected chi connectivity index (χ1v) is 7.14. The van der Waals surface area contributed by atoms with Gasteiger partial charge in [-0.1, -0.05) is 36.4 Å². The number of benzene rings is 2. The molecule has 1 unspecified atom stereocenters. The van der Waals surface area contributed by atoms with Crippen LogP contribution in [0.3, 0.4) is 0 Å². The zero-order chi connectivity index (χ0) is 13.1. The highest BCUT2D eigenvalue weighted by Crippen LogP contribution is 2.23. The first-order chi connectivity index (χ1) is 8.58. The third-order valence-corrected chi connectivity index (χ3v) is 4.25. The quantitative estimate of drug-likeness (QED) is 0.822. The summed E-state index contributed by atoms with van der Waals surface area (Å²) in [6.07, 6.45) is 0.237. The molecular formula is C16H17IO. The van der Waals surface area contributed by atoms with E-state index in [4.69, 9.17) is 0 Å². The predicted octanol–water partition coefficient (Wildman–Crippen LogP) is 4.18. The van der Waals surface area contributed by atoms with Crippen molar-refractivity contribution in [1.82, 2.24) is 0 Å². The van der Waals surface area contributed by atoms with E-state index < -0.39 is 6.10 Å². The molecule has 1 nitrogen and oxygen atoms in total. The average molecular weight is 352 g/mol. The van der Waals surface area contributed by atoms with E-state index in [1.54, 1.807) is 0 Å². The van der Waals surface area contributed by atoms with Gasteiger partial charge in [0.15, 0.2) is 0 Å². The minimum atomic E-state index is -0.430.